The summed E-state index contributed by atoms with van der Waals surface area (Å²) in [5.74, 6) is -1.43. The molecule has 1 rings (SSSR count). The number of rotatable bonds is 3. The minimum atomic E-state index is -1.02. The molecule has 88 valence electrons. The number of nitriles is 1. The molecular formula is C10H6I2N2O3. The van der Waals surface area contributed by atoms with E-state index in [1.807, 2.05) is 45.2 Å². The van der Waals surface area contributed by atoms with Crippen molar-refractivity contribution in [1.29, 1.82) is 5.26 Å². The smallest absolute Gasteiger partial charge is 0.335 e. The Bertz CT molecular complexity index is 500. The first-order valence-electron chi connectivity index (χ1n) is 4.35. The Morgan fingerprint density at radius 3 is 2.29 bits per heavy atom. The topological polar surface area (TPSA) is 90.2 Å². The number of aromatic carboxylic acids is 1. The average molecular weight is 456 g/mol. The van der Waals surface area contributed by atoms with Gasteiger partial charge in [0.15, 0.2) is 0 Å². The van der Waals surface area contributed by atoms with Gasteiger partial charge in [0.25, 0.3) is 0 Å². The number of amides is 1. The predicted octanol–water partition coefficient (Wildman–Crippen LogP) is 2.45. The van der Waals surface area contributed by atoms with E-state index >= 15 is 0 Å². The fourth-order valence-corrected chi connectivity index (χ4v) is 3.11. The Morgan fingerprint density at radius 2 is 1.88 bits per heavy atom. The number of carbonyl (C=O) groups excluding carboxylic acids is 1. The van der Waals surface area contributed by atoms with Gasteiger partial charge in [-0.15, -0.1) is 0 Å². The molecule has 0 saturated carbocycles. The molecule has 5 nitrogen and oxygen atoms in total. The van der Waals surface area contributed by atoms with Crippen LogP contribution in [0.3, 0.4) is 0 Å². The van der Waals surface area contributed by atoms with Crippen LogP contribution in [0.15, 0.2) is 12.1 Å². The van der Waals surface area contributed by atoms with Crippen molar-refractivity contribution < 1.29 is 14.7 Å². The van der Waals surface area contributed by atoms with E-state index in [-0.39, 0.29) is 12.0 Å². The van der Waals surface area contributed by atoms with Crippen LogP contribution in [-0.2, 0) is 4.79 Å². The van der Waals surface area contributed by atoms with Crippen LogP contribution < -0.4 is 5.32 Å². The Kier molecular flexibility index (Phi) is 5.13. The summed E-state index contributed by atoms with van der Waals surface area (Å²) in [5.41, 5.74) is 0.702. The van der Waals surface area contributed by atoms with E-state index in [0.717, 1.165) is 0 Å². The summed E-state index contributed by atoms with van der Waals surface area (Å²) < 4.78 is 1.25. The van der Waals surface area contributed by atoms with Crippen LogP contribution in [0.1, 0.15) is 16.8 Å². The monoisotopic (exact) mass is 456 g/mol. The molecule has 0 radical (unpaired) electrons. The van der Waals surface area contributed by atoms with Crippen molar-refractivity contribution in [3.05, 3.63) is 24.8 Å². The van der Waals surface area contributed by atoms with Crippen LogP contribution in [-0.4, -0.2) is 17.0 Å². The second kappa shape index (κ2) is 6.15. The van der Waals surface area contributed by atoms with Crippen molar-refractivity contribution in [2.24, 2.45) is 0 Å². The molecule has 0 bridgehead atoms. The van der Waals surface area contributed by atoms with E-state index in [4.69, 9.17) is 10.4 Å². The number of hydrogen-bond acceptors (Lipinski definition) is 3. The molecule has 0 fully saturated rings. The van der Waals surface area contributed by atoms with Gasteiger partial charge in [0.1, 0.15) is 6.42 Å². The van der Waals surface area contributed by atoms with E-state index in [9.17, 15) is 9.59 Å². The van der Waals surface area contributed by atoms with Crippen molar-refractivity contribution in [1.82, 2.24) is 0 Å². The van der Waals surface area contributed by atoms with E-state index in [2.05, 4.69) is 5.32 Å². The maximum Gasteiger partial charge on any atom is 0.335 e. The molecule has 7 heteroatoms. The second-order valence-electron chi connectivity index (χ2n) is 3.00. The highest BCUT2D eigenvalue weighted by Gasteiger charge is 2.13. The molecule has 0 aliphatic rings. The average Bonchev–Trinajstić information content (AvgIpc) is 2.23. The maximum atomic E-state index is 11.3. The molecule has 0 unspecified atom stereocenters. The quantitative estimate of drug-likeness (QED) is 0.685. The first kappa shape index (κ1) is 14.2. The number of nitrogens with zero attached hydrogens (tertiary/aromatic N) is 1. The van der Waals surface area contributed by atoms with Crippen molar-refractivity contribution in [2.75, 3.05) is 5.32 Å². The molecule has 0 atom stereocenters. The maximum absolute atomic E-state index is 11.3. The number of carbonyl (C=O) groups is 2. The van der Waals surface area contributed by atoms with Crippen LogP contribution in [0.2, 0.25) is 0 Å². The summed E-state index contributed by atoms with van der Waals surface area (Å²) in [6, 6.07) is 4.68. The lowest BCUT2D eigenvalue weighted by molar-refractivity contribution is -0.115. The summed E-state index contributed by atoms with van der Waals surface area (Å²) in [6.07, 6.45) is -0.229. The number of nitrogens with one attached hydrogen (secondary N) is 1. The number of hydrogen-bond donors (Lipinski definition) is 2. The molecule has 0 aliphatic carbocycles. The molecule has 0 spiro atoms. The molecule has 1 aromatic rings. The molecule has 2 N–H and O–H groups in total. The van der Waals surface area contributed by atoms with Crippen molar-refractivity contribution in [3.63, 3.8) is 0 Å². The van der Waals surface area contributed by atoms with Gasteiger partial charge < -0.3 is 10.4 Å². The number of halogens is 2. The third-order valence-electron chi connectivity index (χ3n) is 1.79. The van der Waals surface area contributed by atoms with E-state index in [1.54, 1.807) is 6.07 Å². The minimum Gasteiger partial charge on any atom is -0.478 e. The summed E-state index contributed by atoms with van der Waals surface area (Å²) in [6.45, 7) is 0. The Morgan fingerprint density at radius 1 is 1.35 bits per heavy atom. The highest BCUT2D eigenvalue weighted by Crippen LogP contribution is 2.26. The first-order valence-corrected chi connectivity index (χ1v) is 6.50. The third-order valence-corrected chi connectivity index (χ3v) is 3.49. The minimum absolute atomic E-state index is 0.164. The fourth-order valence-electron chi connectivity index (χ4n) is 1.07. The van der Waals surface area contributed by atoms with Gasteiger partial charge in [-0.3, -0.25) is 4.79 Å². The van der Waals surface area contributed by atoms with E-state index in [1.165, 1.54) is 12.1 Å². The van der Waals surface area contributed by atoms with Gasteiger partial charge in [0.05, 0.1) is 17.3 Å². The molecule has 17 heavy (non-hydrogen) atoms. The zero-order chi connectivity index (χ0) is 13.0. The SMILES string of the molecule is N#CCC(=O)Nc1c(I)cc(C(=O)O)cc1I. The summed E-state index contributed by atoms with van der Waals surface area (Å²) in [5, 5.41) is 19.8. The van der Waals surface area contributed by atoms with Crippen LogP contribution >= 0.6 is 45.2 Å². The highest BCUT2D eigenvalue weighted by molar-refractivity contribution is 14.1. The summed E-state index contributed by atoms with van der Waals surface area (Å²) in [7, 11) is 0. The van der Waals surface area contributed by atoms with Gasteiger partial charge in [-0.05, 0) is 57.3 Å². The lowest BCUT2D eigenvalue weighted by Gasteiger charge is -2.09. The standard InChI is InChI=1S/C10H6I2N2O3/c11-6-3-5(10(16)17)4-7(12)9(6)14-8(15)1-2-13/h3-4H,1H2,(H,14,15)(H,16,17). The van der Waals surface area contributed by atoms with Crippen molar-refractivity contribution in [2.45, 2.75) is 6.42 Å². The fraction of sp³-hybridized carbons (Fsp3) is 0.100. The van der Waals surface area contributed by atoms with Crippen molar-refractivity contribution >= 4 is 62.7 Å². The molecule has 0 aliphatic heterocycles. The zero-order valence-corrected chi connectivity index (χ0v) is 12.6. The van der Waals surface area contributed by atoms with Gasteiger partial charge in [0.2, 0.25) is 5.91 Å². The molecular weight excluding hydrogens is 450 g/mol. The first-order chi connectivity index (χ1) is 7.95. The van der Waals surface area contributed by atoms with Gasteiger partial charge >= 0.3 is 5.97 Å². The van der Waals surface area contributed by atoms with E-state index < -0.39 is 11.9 Å². The normalized spacial score (nSPS) is 9.47. The number of carboxylic acid groups (broad SMARTS) is 1. The summed E-state index contributed by atoms with van der Waals surface area (Å²) >= 11 is 3.88. The Labute approximate surface area is 124 Å². The Hall–Kier alpha value is -0.890. The second-order valence-corrected chi connectivity index (χ2v) is 5.33. The molecule has 0 aromatic heterocycles. The lowest BCUT2D eigenvalue weighted by atomic mass is 10.2. The molecule has 0 saturated heterocycles. The van der Waals surface area contributed by atoms with Gasteiger partial charge in [0, 0.05) is 7.14 Å². The number of carboxylic acids is 1. The van der Waals surface area contributed by atoms with Crippen LogP contribution in [0.25, 0.3) is 0 Å². The van der Waals surface area contributed by atoms with Crippen molar-refractivity contribution in [3.8, 4) is 6.07 Å². The van der Waals surface area contributed by atoms with E-state index in [0.29, 0.717) is 12.8 Å². The van der Waals surface area contributed by atoms with Gasteiger partial charge in [-0.1, -0.05) is 0 Å². The number of anilines is 1. The predicted molar refractivity (Wildman–Crippen MR) is 77.7 cm³/mol. The Balaban J connectivity index is 3.07. The molecule has 1 aromatic carbocycles. The van der Waals surface area contributed by atoms with Crippen LogP contribution in [0.4, 0.5) is 5.69 Å². The molecule has 1 amide bonds. The van der Waals surface area contributed by atoms with Gasteiger partial charge in [-0.25, -0.2) is 4.79 Å². The van der Waals surface area contributed by atoms with Crippen LogP contribution in [0.5, 0.6) is 0 Å². The summed E-state index contributed by atoms with van der Waals surface area (Å²) in [4.78, 5) is 22.1. The molecule has 0 heterocycles. The number of benzene rings is 1. The lowest BCUT2D eigenvalue weighted by Crippen LogP contribution is -2.13. The van der Waals surface area contributed by atoms with Crippen LogP contribution in [0, 0.1) is 18.5 Å². The zero-order valence-electron chi connectivity index (χ0n) is 8.33. The third kappa shape index (κ3) is 3.81. The highest BCUT2D eigenvalue weighted by atomic mass is 127. The largest absolute Gasteiger partial charge is 0.478 e. The van der Waals surface area contributed by atoms with Gasteiger partial charge in [-0.2, -0.15) is 5.26 Å².